The highest BCUT2D eigenvalue weighted by molar-refractivity contribution is 5.90. The number of nitrogens with zero attached hydrogens (tertiary/aromatic N) is 3. The number of rotatable bonds is 2. The summed E-state index contributed by atoms with van der Waals surface area (Å²) in [4.78, 5) is 2.37. The molecule has 88 valence electrons. The minimum Gasteiger partial charge on any atom is -0.369 e. The first-order valence-corrected chi connectivity index (χ1v) is 6.04. The van der Waals surface area contributed by atoms with Gasteiger partial charge in [0.25, 0.3) is 0 Å². The van der Waals surface area contributed by atoms with Crippen molar-refractivity contribution in [1.29, 1.82) is 0 Å². The Bertz CT molecular complexity index is 520. The highest BCUT2D eigenvalue weighted by Gasteiger charge is 2.22. The van der Waals surface area contributed by atoms with Crippen molar-refractivity contribution in [3.63, 3.8) is 0 Å². The zero-order chi connectivity index (χ0) is 11.7. The van der Waals surface area contributed by atoms with Crippen LogP contribution in [0.5, 0.6) is 0 Å². The second kappa shape index (κ2) is 4.30. The SMILES string of the molecule is NCC1CCN(c2cnnc3ccccc23)C1. The molecule has 0 saturated carbocycles. The van der Waals surface area contributed by atoms with E-state index in [-0.39, 0.29) is 0 Å². The molecule has 1 aromatic heterocycles. The van der Waals surface area contributed by atoms with E-state index in [0.717, 1.165) is 25.2 Å². The summed E-state index contributed by atoms with van der Waals surface area (Å²) in [5.74, 6) is 0.613. The fourth-order valence-electron chi connectivity index (χ4n) is 2.49. The number of hydrogen-bond donors (Lipinski definition) is 1. The van der Waals surface area contributed by atoms with E-state index in [4.69, 9.17) is 5.73 Å². The van der Waals surface area contributed by atoms with E-state index in [9.17, 15) is 0 Å². The first kappa shape index (κ1) is 10.5. The van der Waals surface area contributed by atoms with Crippen molar-refractivity contribution in [3.8, 4) is 0 Å². The molecule has 0 spiro atoms. The fourth-order valence-corrected chi connectivity index (χ4v) is 2.49. The van der Waals surface area contributed by atoms with Gasteiger partial charge in [-0.05, 0) is 24.9 Å². The molecule has 4 heteroatoms. The smallest absolute Gasteiger partial charge is 0.0950 e. The maximum absolute atomic E-state index is 5.73. The molecular formula is C13H16N4. The van der Waals surface area contributed by atoms with E-state index in [1.165, 1.54) is 17.5 Å². The van der Waals surface area contributed by atoms with Crippen LogP contribution in [0.1, 0.15) is 6.42 Å². The Morgan fingerprint density at radius 1 is 1.35 bits per heavy atom. The lowest BCUT2D eigenvalue weighted by Gasteiger charge is -2.19. The monoisotopic (exact) mass is 228 g/mol. The summed E-state index contributed by atoms with van der Waals surface area (Å²) in [6.45, 7) is 2.87. The van der Waals surface area contributed by atoms with Gasteiger partial charge in [-0.25, -0.2) is 0 Å². The van der Waals surface area contributed by atoms with Gasteiger partial charge in [0.2, 0.25) is 0 Å². The molecule has 1 unspecified atom stereocenters. The van der Waals surface area contributed by atoms with Crippen LogP contribution in [0.3, 0.4) is 0 Å². The van der Waals surface area contributed by atoms with Gasteiger partial charge in [-0.2, -0.15) is 10.2 Å². The highest BCUT2D eigenvalue weighted by atomic mass is 15.2. The first-order valence-electron chi connectivity index (χ1n) is 6.04. The van der Waals surface area contributed by atoms with E-state index >= 15 is 0 Å². The van der Waals surface area contributed by atoms with Gasteiger partial charge < -0.3 is 10.6 Å². The van der Waals surface area contributed by atoms with Gasteiger partial charge in [0.1, 0.15) is 0 Å². The van der Waals surface area contributed by atoms with Crippen molar-refractivity contribution in [2.24, 2.45) is 11.7 Å². The maximum atomic E-state index is 5.73. The molecule has 1 aliphatic rings. The van der Waals surface area contributed by atoms with E-state index in [0.29, 0.717) is 5.92 Å². The Morgan fingerprint density at radius 2 is 2.24 bits per heavy atom. The number of hydrogen-bond acceptors (Lipinski definition) is 4. The maximum Gasteiger partial charge on any atom is 0.0950 e. The molecule has 0 bridgehead atoms. The van der Waals surface area contributed by atoms with Gasteiger partial charge in [-0.1, -0.05) is 18.2 Å². The topological polar surface area (TPSA) is 55.0 Å². The Kier molecular flexibility index (Phi) is 2.65. The largest absolute Gasteiger partial charge is 0.369 e. The molecule has 2 aromatic rings. The summed E-state index contributed by atoms with van der Waals surface area (Å²) < 4.78 is 0. The van der Waals surface area contributed by atoms with Gasteiger partial charge in [-0.3, -0.25) is 0 Å². The predicted octanol–water partition coefficient (Wildman–Crippen LogP) is 1.41. The van der Waals surface area contributed by atoms with Gasteiger partial charge in [0.05, 0.1) is 17.4 Å². The summed E-state index contributed by atoms with van der Waals surface area (Å²) >= 11 is 0. The third kappa shape index (κ3) is 1.85. The standard InChI is InChI=1S/C13H16N4/c14-7-10-5-6-17(9-10)13-8-15-16-12-4-2-1-3-11(12)13/h1-4,8,10H,5-7,9,14H2. The van der Waals surface area contributed by atoms with Gasteiger partial charge in [0.15, 0.2) is 0 Å². The normalized spacial score (nSPS) is 20.1. The molecule has 4 nitrogen and oxygen atoms in total. The fraction of sp³-hybridized carbons (Fsp3) is 0.385. The lowest BCUT2D eigenvalue weighted by Crippen LogP contribution is -2.23. The molecule has 1 aromatic carbocycles. The Balaban J connectivity index is 2.00. The van der Waals surface area contributed by atoms with E-state index in [1.54, 1.807) is 0 Å². The molecule has 2 heterocycles. The molecule has 2 N–H and O–H groups in total. The van der Waals surface area contributed by atoms with E-state index in [1.807, 2.05) is 24.4 Å². The average molecular weight is 228 g/mol. The summed E-state index contributed by atoms with van der Waals surface area (Å²) in [6, 6.07) is 8.15. The van der Waals surface area contributed by atoms with Crippen LogP contribution < -0.4 is 10.6 Å². The van der Waals surface area contributed by atoms with E-state index in [2.05, 4.69) is 21.2 Å². The van der Waals surface area contributed by atoms with Crippen LogP contribution in [0, 0.1) is 5.92 Å². The van der Waals surface area contributed by atoms with Crippen molar-refractivity contribution in [2.75, 3.05) is 24.5 Å². The molecule has 0 aliphatic carbocycles. The molecule has 3 rings (SSSR count). The third-order valence-electron chi connectivity index (χ3n) is 3.49. The quantitative estimate of drug-likeness (QED) is 0.844. The van der Waals surface area contributed by atoms with Crippen LogP contribution >= 0.6 is 0 Å². The molecule has 0 amide bonds. The van der Waals surface area contributed by atoms with Gasteiger partial charge >= 0.3 is 0 Å². The predicted molar refractivity (Wildman–Crippen MR) is 68.9 cm³/mol. The van der Waals surface area contributed by atoms with Gasteiger partial charge in [0, 0.05) is 18.5 Å². The highest BCUT2D eigenvalue weighted by Crippen LogP contribution is 2.28. The molecule has 1 saturated heterocycles. The lowest BCUT2D eigenvalue weighted by atomic mass is 10.1. The zero-order valence-electron chi connectivity index (χ0n) is 9.71. The van der Waals surface area contributed by atoms with Crippen molar-refractivity contribution in [1.82, 2.24) is 10.2 Å². The van der Waals surface area contributed by atoms with Crippen LogP contribution in [-0.2, 0) is 0 Å². The third-order valence-corrected chi connectivity index (χ3v) is 3.49. The Labute approximate surface area is 100 Å². The summed E-state index contributed by atoms with van der Waals surface area (Å²) in [5, 5.41) is 9.42. The second-order valence-corrected chi connectivity index (χ2v) is 4.58. The first-order chi connectivity index (χ1) is 8.38. The van der Waals surface area contributed by atoms with Crippen LogP contribution in [0.25, 0.3) is 10.9 Å². The summed E-state index contributed by atoms with van der Waals surface area (Å²) in [7, 11) is 0. The molecule has 17 heavy (non-hydrogen) atoms. The van der Waals surface area contributed by atoms with Crippen molar-refractivity contribution >= 4 is 16.6 Å². The average Bonchev–Trinajstić information content (AvgIpc) is 2.87. The number of benzene rings is 1. The minimum absolute atomic E-state index is 0.613. The second-order valence-electron chi connectivity index (χ2n) is 4.58. The summed E-state index contributed by atoms with van der Waals surface area (Å²) in [5.41, 5.74) is 7.88. The molecular weight excluding hydrogens is 212 g/mol. The van der Waals surface area contributed by atoms with Crippen LogP contribution in [0.2, 0.25) is 0 Å². The number of fused-ring (bicyclic) bond motifs is 1. The van der Waals surface area contributed by atoms with Crippen LogP contribution in [0.4, 0.5) is 5.69 Å². The number of anilines is 1. The van der Waals surface area contributed by atoms with Crippen LogP contribution in [-0.4, -0.2) is 29.8 Å². The zero-order valence-corrected chi connectivity index (χ0v) is 9.71. The van der Waals surface area contributed by atoms with Crippen molar-refractivity contribution in [3.05, 3.63) is 30.5 Å². The van der Waals surface area contributed by atoms with E-state index < -0.39 is 0 Å². The van der Waals surface area contributed by atoms with Gasteiger partial charge in [-0.15, -0.1) is 0 Å². The van der Waals surface area contributed by atoms with Crippen molar-refractivity contribution in [2.45, 2.75) is 6.42 Å². The molecule has 1 atom stereocenters. The molecule has 1 fully saturated rings. The summed E-state index contributed by atoms with van der Waals surface area (Å²) in [6.07, 6.45) is 3.04. The minimum atomic E-state index is 0.613. The lowest BCUT2D eigenvalue weighted by molar-refractivity contribution is 0.603. The number of aromatic nitrogens is 2. The molecule has 0 radical (unpaired) electrons. The Hall–Kier alpha value is -1.68. The Morgan fingerprint density at radius 3 is 3.06 bits per heavy atom. The number of nitrogens with two attached hydrogens (primary N) is 1. The van der Waals surface area contributed by atoms with Crippen LogP contribution in [0.15, 0.2) is 30.5 Å². The van der Waals surface area contributed by atoms with Crippen molar-refractivity contribution < 1.29 is 0 Å². The molecule has 1 aliphatic heterocycles.